The first-order chi connectivity index (χ1) is 10.0. The SMILES string of the molecule is FC(F)(F)c1ccc(-c2ncc(-c3ccccc3)o2)cc1. The maximum atomic E-state index is 12.5. The van der Waals surface area contributed by atoms with Crippen LogP contribution in [0.4, 0.5) is 13.2 Å². The highest BCUT2D eigenvalue weighted by atomic mass is 19.4. The van der Waals surface area contributed by atoms with Crippen molar-refractivity contribution < 1.29 is 17.6 Å². The standard InChI is InChI=1S/C16H10F3NO/c17-16(18,19)13-8-6-12(7-9-13)15-20-10-14(21-15)11-4-2-1-3-5-11/h1-10H. The molecule has 0 fully saturated rings. The van der Waals surface area contributed by atoms with E-state index >= 15 is 0 Å². The molecule has 0 saturated carbocycles. The fourth-order valence-electron chi connectivity index (χ4n) is 1.95. The highest BCUT2D eigenvalue weighted by molar-refractivity contribution is 5.61. The number of hydrogen-bond acceptors (Lipinski definition) is 2. The van der Waals surface area contributed by atoms with Gasteiger partial charge >= 0.3 is 6.18 Å². The summed E-state index contributed by atoms with van der Waals surface area (Å²) in [5, 5.41) is 0. The maximum absolute atomic E-state index is 12.5. The van der Waals surface area contributed by atoms with E-state index in [9.17, 15) is 13.2 Å². The molecule has 0 unspecified atom stereocenters. The van der Waals surface area contributed by atoms with Crippen molar-refractivity contribution in [1.29, 1.82) is 0 Å². The molecule has 5 heteroatoms. The molecule has 0 amide bonds. The first-order valence-electron chi connectivity index (χ1n) is 6.23. The Morgan fingerprint density at radius 3 is 2.10 bits per heavy atom. The Hall–Kier alpha value is -2.56. The summed E-state index contributed by atoms with van der Waals surface area (Å²) in [5.74, 6) is 0.869. The molecule has 2 nitrogen and oxygen atoms in total. The van der Waals surface area contributed by atoms with Crippen LogP contribution < -0.4 is 0 Å². The van der Waals surface area contributed by atoms with Gasteiger partial charge in [-0.15, -0.1) is 0 Å². The van der Waals surface area contributed by atoms with E-state index in [1.807, 2.05) is 30.3 Å². The Morgan fingerprint density at radius 1 is 0.810 bits per heavy atom. The largest absolute Gasteiger partial charge is 0.436 e. The van der Waals surface area contributed by atoms with Gasteiger partial charge in [-0.1, -0.05) is 30.3 Å². The molecule has 0 spiro atoms. The molecule has 0 radical (unpaired) electrons. The van der Waals surface area contributed by atoms with Gasteiger partial charge in [-0.25, -0.2) is 4.98 Å². The molecule has 0 atom stereocenters. The number of oxazole rings is 1. The number of hydrogen-bond donors (Lipinski definition) is 0. The molecule has 1 heterocycles. The quantitative estimate of drug-likeness (QED) is 0.661. The minimum Gasteiger partial charge on any atom is -0.436 e. The van der Waals surface area contributed by atoms with Gasteiger partial charge in [0.25, 0.3) is 0 Å². The first-order valence-corrected chi connectivity index (χ1v) is 6.23. The molecule has 106 valence electrons. The van der Waals surface area contributed by atoms with E-state index in [4.69, 9.17) is 4.42 Å². The zero-order chi connectivity index (χ0) is 14.9. The minimum atomic E-state index is -4.34. The van der Waals surface area contributed by atoms with Crippen molar-refractivity contribution >= 4 is 0 Å². The lowest BCUT2D eigenvalue weighted by Crippen LogP contribution is -2.03. The smallest absolute Gasteiger partial charge is 0.416 e. The molecule has 0 saturated heterocycles. The van der Waals surface area contributed by atoms with E-state index in [1.165, 1.54) is 12.1 Å². The van der Waals surface area contributed by atoms with Crippen LogP contribution in [0.25, 0.3) is 22.8 Å². The monoisotopic (exact) mass is 289 g/mol. The lowest BCUT2D eigenvalue weighted by atomic mass is 10.1. The van der Waals surface area contributed by atoms with Gasteiger partial charge in [0.1, 0.15) is 0 Å². The Labute approximate surface area is 118 Å². The van der Waals surface area contributed by atoms with Gasteiger partial charge in [-0.2, -0.15) is 13.2 Å². The minimum absolute atomic E-state index is 0.294. The third-order valence-electron chi connectivity index (χ3n) is 3.02. The second-order valence-electron chi connectivity index (χ2n) is 4.47. The topological polar surface area (TPSA) is 26.0 Å². The van der Waals surface area contributed by atoms with E-state index in [2.05, 4.69) is 4.98 Å². The molecule has 21 heavy (non-hydrogen) atoms. The number of aromatic nitrogens is 1. The third kappa shape index (κ3) is 2.81. The van der Waals surface area contributed by atoms with Crippen molar-refractivity contribution in [2.75, 3.05) is 0 Å². The predicted octanol–water partition coefficient (Wildman–Crippen LogP) is 5.03. The van der Waals surface area contributed by atoms with Crippen LogP contribution in [-0.4, -0.2) is 4.98 Å². The van der Waals surface area contributed by atoms with Crippen LogP contribution >= 0.6 is 0 Å². The van der Waals surface area contributed by atoms with Crippen LogP contribution in [0.5, 0.6) is 0 Å². The second kappa shape index (κ2) is 5.09. The molecule has 0 aliphatic carbocycles. The Bertz CT molecular complexity index is 730. The molecule has 3 rings (SSSR count). The Balaban J connectivity index is 1.90. The summed E-state index contributed by atoms with van der Waals surface area (Å²) in [6.45, 7) is 0. The van der Waals surface area contributed by atoms with Gasteiger partial charge in [-0.05, 0) is 24.3 Å². The van der Waals surface area contributed by atoms with Gasteiger partial charge in [0, 0.05) is 11.1 Å². The maximum Gasteiger partial charge on any atom is 0.416 e. The van der Waals surface area contributed by atoms with Crippen LogP contribution in [0.15, 0.2) is 65.2 Å². The number of halogens is 3. The van der Waals surface area contributed by atoms with Crippen molar-refractivity contribution in [2.45, 2.75) is 6.18 Å². The molecule has 0 aliphatic rings. The van der Waals surface area contributed by atoms with Crippen molar-refractivity contribution in [3.05, 3.63) is 66.4 Å². The summed E-state index contributed by atoms with van der Waals surface area (Å²) < 4.78 is 43.1. The lowest BCUT2D eigenvalue weighted by Gasteiger charge is -2.06. The molecule has 2 aromatic carbocycles. The molecular formula is C16H10F3NO. The summed E-state index contributed by atoms with van der Waals surface area (Å²) in [6, 6.07) is 14.1. The van der Waals surface area contributed by atoms with E-state index < -0.39 is 11.7 Å². The Kier molecular flexibility index (Phi) is 3.25. The van der Waals surface area contributed by atoms with Gasteiger partial charge < -0.3 is 4.42 Å². The molecule has 0 N–H and O–H groups in total. The van der Waals surface area contributed by atoms with Crippen LogP contribution in [0.1, 0.15) is 5.56 Å². The summed E-state index contributed by atoms with van der Waals surface area (Å²) in [4.78, 5) is 4.11. The summed E-state index contributed by atoms with van der Waals surface area (Å²) in [5.41, 5.74) is 0.675. The summed E-state index contributed by atoms with van der Waals surface area (Å²) in [7, 11) is 0. The normalized spacial score (nSPS) is 11.6. The van der Waals surface area contributed by atoms with Crippen LogP contribution in [-0.2, 0) is 6.18 Å². The van der Waals surface area contributed by atoms with E-state index in [0.29, 0.717) is 17.2 Å². The Morgan fingerprint density at radius 2 is 1.48 bits per heavy atom. The van der Waals surface area contributed by atoms with Crippen molar-refractivity contribution in [3.63, 3.8) is 0 Å². The van der Waals surface area contributed by atoms with Gasteiger partial charge in [0.05, 0.1) is 11.8 Å². The van der Waals surface area contributed by atoms with Gasteiger partial charge in [-0.3, -0.25) is 0 Å². The second-order valence-corrected chi connectivity index (χ2v) is 4.47. The van der Waals surface area contributed by atoms with Crippen molar-refractivity contribution in [1.82, 2.24) is 4.98 Å². The van der Waals surface area contributed by atoms with E-state index in [0.717, 1.165) is 17.7 Å². The molecular weight excluding hydrogens is 279 g/mol. The number of alkyl halides is 3. The van der Waals surface area contributed by atoms with Gasteiger partial charge in [0.2, 0.25) is 5.89 Å². The summed E-state index contributed by atoms with van der Waals surface area (Å²) in [6.07, 6.45) is -2.79. The lowest BCUT2D eigenvalue weighted by molar-refractivity contribution is -0.137. The van der Waals surface area contributed by atoms with Crippen LogP contribution in [0.2, 0.25) is 0 Å². The van der Waals surface area contributed by atoms with Crippen LogP contribution in [0, 0.1) is 0 Å². The fourth-order valence-corrected chi connectivity index (χ4v) is 1.95. The highest BCUT2D eigenvalue weighted by Crippen LogP contribution is 2.31. The zero-order valence-electron chi connectivity index (χ0n) is 10.8. The average Bonchev–Trinajstić information content (AvgIpc) is 2.97. The van der Waals surface area contributed by atoms with Crippen molar-refractivity contribution in [2.24, 2.45) is 0 Å². The summed E-state index contributed by atoms with van der Waals surface area (Å²) >= 11 is 0. The number of benzene rings is 2. The van der Waals surface area contributed by atoms with Crippen LogP contribution in [0.3, 0.4) is 0 Å². The highest BCUT2D eigenvalue weighted by Gasteiger charge is 2.30. The zero-order valence-corrected chi connectivity index (χ0v) is 10.8. The molecule has 1 aromatic heterocycles. The first kappa shape index (κ1) is 13.4. The predicted molar refractivity (Wildman–Crippen MR) is 72.4 cm³/mol. The average molecular weight is 289 g/mol. The fraction of sp³-hybridized carbons (Fsp3) is 0.0625. The number of rotatable bonds is 2. The molecule has 0 aliphatic heterocycles. The van der Waals surface area contributed by atoms with Gasteiger partial charge in [0.15, 0.2) is 5.76 Å². The van der Waals surface area contributed by atoms with E-state index in [-0.39, 0.29) is 0 Å². The van der Waals surface area contributed by atoms with Crippen molar-refractivity contribution in [3.8, 4) is 22.8 Å². The third-order valence-corrected chi connectivity index (χ3v) is 3.02. The number of nitrogens with zero attached hydrogens (tertiary/aromatic N) is 1. The molecule has 3 aromatic rings. The molecule has 0 bridgehead atoms. The van der Waals surface area contributed by atoms with E-state index in [1.54, 1.807) is 6.20 Å².